The molecule has 6 nitrogen and oxygen atoms in total. The summed E-state index contributed by atoms with van der Waals surface area (Å²) in [5, 5.41) is 5.56. The summed E-state index contributed by atoms with van der Waals surface area (Å²) in [4.78, 5) is 24.2. The lowest BCUT2D eigenvalue weighted by Crippen LogP contribution is -2.34. The van der Waals surface area contributed by atoms with Crippen LogP contribution in [0.4, 0.5) is 0 Å². The molecule has 6 heteroatoms. The second kappa shape index (κ2) is 7.25. The maximum absolute atomic E-state index is 12.1. The fourth-order valence-corrected chi connectivity index (χ4v) is 2.48. The van der Waals surface area contributed by atoms with Crippen LogP contribution in [0.1, 0.15) is 31.8 Å². The highest BCUT2D eigenvalue weighted by atomic mass is 16.7. The van der Waals surface area contributed by atoms with Crippen LogP contribution in [0.3, 0.4) is 0 Å². The zero-order valence-corrected chi connectivity index (χ0v) is 14.2. The van der Waals surface area contributed by atoms with Crippen molar-refractivity contribution in [2.75, 3.05) is 19.9 Å². The van der Waals surface area contributed by atoms with E-state index in [0.29, 0.717) is 35.7 Å². The van der Waals surface area contributed by atoms with Gasteiger partial charge in [0, 0.05) is 24.2 Å². The van der Waals surface area contributed by atoms with E-state index in [2.05, 4.69) is 10.6 Å². The molecule has 0 atom stereocenters. The Balaban J connectivity index is 1.47. The summed E-state index contributed by atoms with van der Waals surface area (Å²) in [6.45, 7) is 4.83. The lowest BCUT2D eigenvalue weighted by molar-refractivity contribution is 0.0927. The molecule has 0 saturated carbocycles. The molecule has 2 amide bonds. The van der Waals surface area contributed by atoms with Gasteiger partial charge in [-0.25, -0.2) is 0 Å². The van der Waals surface area contributed by atoms with Gasteiger partial charge >= 0.3 is 0 Å². The summed E-state index contributed by atoms with van der Waals surface area (Å²) < 4.78 is 10.5. The van der Waals surface area contributed by atoms with Crippen molar-refractivity contribution in [3.8, 4) is 11.5 Å². The Labute approximate surface area is 146 Å². The minimum Gasteiger partial charge on any atom is -0.454 e. The van der Waals surface area contributed by atoms with Gasteiger partial charge in [0.05, 0.1) is 0 Å². The van der Waals surface area contributed by atoms with Crippen LogP contribution in [0.5, 0.6) is 11.5 Å². The third-order valence-corrected chi connectivity index (χ3v) is 4.10. The number of carbonyl (C=O) groups excluding carboxylic acids is 2. The van der Waals surface area contributed by atoms with E-state index < -0.39 is 0 Å². The van der Waals surface area contributed by atoms with E-state index in [1.165, 1.54) is 0 Å². The zero-order chi connectivity index (χ0) is 17.8. The first kappa shape index (κ1) is 16.8. The van der Waals surface area contributed by atoms with Crippen LogP contribution in [0.2, 0.25) is 0 Å². The lowest BCUT2D eigenvalue weighted by atomic mass is 10.1. The number of carbonyl (C=O) groups is 2. The number of hydrogen-bond acceptors (Lipinski definition) is 4. The smallest absolute Gasteiger partial charge is 0.251 e. The Bertz CT molecular complexity index is 817. The first-order valence-electron chi connectivity index (χ1n) is 8.08. The number of benzene rings is 2. The third kappa shape index (κ3) is 3.91. The Hall–Kier alpha value is -3.02. The van der Waals surface area contributed by atoms with Crippen LogP contribution in [0.15, 0.2) is 36.4 Å². The summed E-state index contributed by atoms with van der Waals surface area (Å²) >= 11 is 0. The Morgan fingerprint density at radius 3 is 2.12 bits per heavy atom. The van der Waals surface area contributed by atoms with Crippen LogP contribution in [-0.2, 0) is 0 Å². The molecule has 0 spiro atoms. The molecule has 2 N–H and O–H groups in total. The van der Waals surface area contributed by atoms with Crippen molar-refractivity contribution in [2.24, 2.45) is 0 Å². The van der Waals surface area contributed by atoms with Gasteiger partial charge < -0.3 is 20.1 Å². The van der Waals surface area contributed by atoms with Crippen LogP contribution < -0.4 is 20.1 Å². The van der Waals surface area contributed by atoms with Gasteiger partial charge in [-0.15, -0.1) is 0 Å². The Morgan fingerprint density at radius 1 is 0.840 bits per heavy atom. The van der Waals surface area contributed by atoms with Crippen molar-refractivity contribution in [2.45, 2.75) is 13.8 Å². The fourth-order valence-electron chi connectivity index (χ4n) is 2.48. The van der Waals surface area contributed by atoms with Crippen LogP contribution in [-0.4, -0.2) is 31.7 Å². The second-order valence-electron chi connectivity index (χ2n) is 5.88. The summed E-state index contributed by atoms with van der Waals surface area (Å²) in [6.07, 6.45) is 0. The SMILES string of the molecule is Cc1ccc(C(=O)NCCNC(=O)c2ccc3c(c2)OCO3)cc1C. The minimum atomic E-state index is -0.223. The Morgan fingerprint density at radius 2 is 1.44 bits per heavy atom. The molecule has 130 valence electrons. The standard InChI is InChI=1S/C19H20N2O4/c1-12-3-4-14(9-13(12)2)18(22)20-7-8-21-19(23)15-5-6-16-17(10-15)25-11-24-16/h3-6,9-10H,7-8,11H2,1-2H3,(H,20,22)(H,21,23). The summed E-state index contributed by atoms with van der Waals surface area (Å²) in [5.74, 6) is 0.826. The molecule has 0 saturated heterocycles. The molecule has 0 fully saturated rings. The molecular weight excluding hydrogens is 320 g/mol. The fraction of sp³-hybridized carbons (Fsp3) is 0.263. The Kier molecular flexibility index (Phi) is 4.88. The maximum Gasteiger partial charge on any atom is 0.251 e. The predicted octanol–water partition coefficient (Wildman–Crippen LogP) is 2.19. The number of ether oxygens (including phenoxy) is 2. The third-order valence-electron chi connectivity index (χ3n) is 4.10. The lowest BCUT2D eigenvalue weighted by Gasteiger charge is -2.09. The maximum atomic E-state index is 12.1. The van der Waals surface area contributed by atoms with Crippen molar-refractivity contribution in [3.05, 3.63) is 58.7 Å². The van der Waals surface area contributed by atoms with Gasteiger partial charge in [-0.1, -0.05) is 6.07 Å². The van der Waals surface area contributed by atoms with E-state index >= 15 is 0 Å². The molecule has 0 radical (unpaired) electrons. The molecule has 1 aliphatic rings. The van der Waals surface area contributed by atoms with Gasteiger partial charge in [0.15, 0.2) is 11.5 Å². The van der Waals surface area contributed by atoms with Crippen molar-refractivity contribution < 1.29 is 19.1 Å². The van der Waals surface area contributed by atoms with E-state index in [1.54, 1.807) is 24.3 Å². The molecular formula is C19H20N2O4. The van der Waals surface area contributed by atoms with Gasteiger partial charge in [0.2, 0.25) is 6.79 Å². The molecule has 0 unspecified atom stereocenters. The van der Waals surface area contributed by atoms with Crippen molar-refractivity contribution in [1.82, 2.24) is 10.6 Å². The van der Waals surface area contributed by atoms with Crippen molar-refractivity contribution >= 4 is 11.8 Å². The normalized spacial score (nSPS) is 11.9. The number of hydrogen-bond donors (Lipinski definition) is 2. The van der Waals surface area contributed by atoms with Crippen LogP contribution in [0, 0.1) is 13.8 Å². The predicted molar refractivity (Wildman–Crippen MR) is 93.1 cm³/mol. The molecule has 1 heterocycles. The van der Waals surface area contributed by atoms with Gasteiger partial charge in [-0.2, -0.15) is 0 Å². The molecule has 25 heavy (non-hydrogen) atoms. The van der Waals surface area contributed by atoms with Gasteiger partial charge in [0.25, 0.3) is 11.8 Å². The number of rotatable bonds is 5. The highest BCUT2D eigenvalue weighted by Gasteiger charge is 2.16. The molecule has 0 bridgehead atoms. The van der Waals surface area contributed by atoms with Gasteiger partial charge in [-0.05, 0) is 55.3 Å². The van der Waals surface area contributed by atoms with Gasteiger partial charge in [-0.3, -0.25) is 9.59 Å². The second-order valence-corrected chi connectivity index (χ2v) is 5.88. The average Bonchev–Trinajstić information content (AvgIpc) is 3.08. The summed E-state index contributed by atoms with van der Waals surface area (Å²) in [7, 11) is 0. The average molecular weight is 340 g/mol. The number of aryl methyl sites for hydroxylation is 2. The first-order chi connectivity index (χ1) is 12.0. The van der Waals surface area contributed by atoms with Crippen LogP contribution >= 0.6 is 0 Å². The van der Waals surface area contributed by atoms with E-state index in [9.17, 15) is 9.59 Å². The summed E-state index contributed by atoms with van der Waals surface area (Å²) in [6, 6.07) is 10.6. The van der Waals surface area contributed by atoms with Crippen LogP contribution in [0.25, 0.3) is 0 Å². The van der Waals surface area contributed by atoms with Crippen molar-refractivity contribution in [3.63, 3.8) is 0 Å². The molecule has 0 aromatic heterocycles. The van der Waals surface area contributed by atoms with Gasteiger partial charge in [0.1, 0.15) is 0 Å². The number of amides is 2. The molecule has 2 aromatic rings. The van der Waals surface area contributed by atoms with E-state index in [-0.39, 0.29) is 18.6 Å². The zero-order valence-electron chi connectivity index (χ0n) is 14.2. The topological polar surface area (TPSA) is 76.7 Å². The molecule has 0 aliphatic carbocycles. The monoisotopic (exact) mass is 340 g/mol. The van der Waals surface area contributed by atoms with E-state index in [1.807, 2.05) is 26.0 Å². The molecule has 2 aromatic carbocycles. The van der Waals surface area contributed by atoms with E-state index in [0.717, 1.165) is 11.1 Å². The number of nitrogens with one attached hydrogen (secondary N) is 2. The highest BCUT2D eigenvalue weighted by molar-refractivity contribution is 5.95. The molecule has 3 rings (SSSR count). The quantitative estimate of drug-likeness (QED) is 0.818. The number of fused-ring (bicyclic) bond motifs is 1. The highest BCUT2D eigenvalue weighted by Crippen LogP contribution is 2.32. The minimum absolute atomic E-state index is 0.152. The van der Waals surface area contributed by atoms with E-state index in [4.69, 9.17) is 9.47 Å². The largest absolute Gasteiger partial charge is 0.454 e. The molecule has 1 aliphatic heterocycles. The summed E-state index contributed by atoms with van der Waals surface area (Å²) in [5.41, 5.74) is 3.33. The van der Waals surface area contributed by atoms with Crippen molar-refractivity contribution in [1.29, 1.82) is 0 Å². The first-order valence-corrected chi connectivity index (χ1v) is 8.08.